The Kier molecular flexibility index (Phi) is 4.99. The van der Waals surface area contributed by atoms with Gasteiger partial charge in [0.1, 0.15) is 12.3 Å². The molecule has 0 radical (unpaired) electrons. The molecule has 114 valence electrons. The van der Waals surface area contributed by atoms with Crippen LogP contribution in [0.4, 0.5) is 5.82 Å². The van der Waals surface area contributed by atoms with Crippen molar-refractivity contribution in [3.8, 4) is 11.5 Å². The van der Waals surface area contributed by atoms with Crippen molar-refractivity contribution in [2.24, 2.45) is 5.73 Å². The van der Waals surface area contributed by atoms with Crippen molar-refractivity contribution in [2.45, 2.75) is 0 Å². The number of aromatic amines is 1. The number of carbonyl (C=O) groups is 1. The zero-order valence-electron chi connectivity index (χ0n) is 12.0. The first-order chi connectivity index (χ1) is 10.6. The van der Waals surface area contributed by atoms with Crippen molar-refractivity contribution >= 4 is 22.8 Å². The Morgan fingerprint density at radius 1 is 1.27 bits per heavy atom. The lowest BCUT2D eigenvalue weighted by molar-refractivity contribution is -0.121. The zero-order chi connectivity index (χ0) is 15.9. The molecule has 0 aliphatic carbocycles. The van der Waals surface area contributed by atoms with Crippen LogP contribution in [-0.2, 0) is 9.53 Å². The lowest BCUT2D eigenvalue weighted by Crippen LogP contribution is -2.16. The van der Waals surface area contributed by atoms with Crippen molar-refractivity contribution in [2.75, 3.05) is 19.5 Å². The molecule has 0 spiro atoms. The maximum absolute atomic E-state index is 9.70. The maximum atomic E-state index is 9.70. The molecule has 0 fully saturated rings. The number of para-hydroxylation sites is 2. The van der Waals surface area contributed by atoms with Gasteiger partial charge in [0.25, 0.3) is 0 Å². The summed E-state index contributed by atoms with van der Waals surface area (Å²) in [4.78, 5) is 25.4. The number of aromatic nitrogens is 4. The van der Waals surface area contributed by atoms with E-state index in [2.05, 4.69) is 30.4 Å². The first-order valence-corrected chi connectivity index (χ1v) is 6.40. The van der Waals surface area contributed by atoms with Gasteiger partial charge in [-0.3, -0.25) is 4.79 Å². The number of imidazole rings is 1. The summed E-state index contributed by atoms with van der Waals surface area (Å²) in [6.07, 6.45) is 3.15. The molecule has 8 nitrogen and oxygen atoms in total. The van der Waals surface area contributed by atoms with Gasteiger partial charge in [-0.2, -0.15) is 0 Å². The van der Waals surface area contributed by atoms with Crippen LogP contribution in [0, 0.1) is 0 Å². The first-order valence-electron chi connectivity index (χ1n) is 6.40. The number of nitrogens with zero attached hydrogens (tertiary/aromatic N) is 3. The van der Waals surface area contributed by atoms with Gasteiger partial charge in [0.15, 0.2) is 11.6 Å². The van der Waals surface area contributed by atoms with Gasteiger partial charge in [-0.15, -0.1) is 0 Å². The summed E-state index contributed by atoms with van der Waals surface area (Å²) < 4.78 is 4.33. The summed E-state index contributed by atoms with van der Waals surface area (Å²) in [5, 5.41) is 0. The molecule has 3 rings (SSSR count). The highest BCUT2D eigenvalue weighted by Gasteiger charge is 2.09. The Morgan fingerprint density at radius 3 is 2.59 bits per heavy atom. The Labute approximate surface area is 126 Å². The van der Waals surface area contributed by atoms with Gasteiger partial charge in [-0.05, 0) is 12.1 Å². The van der Waals surface area contributed by atoms with Crippen molar-refractivity contribution in [1.29, 1.82) is 0 Å². The third kappa shape index (κ3) is 3.76. The number of fused-ring (bicyclic) bond motifs is 1. The number of benzene rings is 1. The number of nitrogen functional groups attached to an aromatic ring is 1. The van der Waals surface area contributed by atoms with Crippen LogP contribution in [0.1, 0.15) is 0 Å². The summed E-state index contributed by atoms with van der Waals surface area (Å²) in [5.74, 6) is 0.589. The minimum absolute atomic E-state index is 0.0139. The Bertz CT molecular complexity index is 738. The number of methoxy groups -OCH3 is 1. The van der Waals surface area contributed by atoms with E-state index >= 15 is 0 Å². The molecule has 0 bridgehead atoms. The van der Waals surface area contributed by atoms with Crippen LogP contribution in [-0.4, -0.2) is 39.6 Å². The van der Waals surface area contributed by atoms with E-state index in [9.17, 15) is 4.79 Å². The minimum Gasteiger partial charge on any atom is -0.382 e. The third-order valence-electron chi connectivity index (χ3n) is 2.63. The molecule has 0 saturated heterocycles. The zero-order valence-corrected chi connectivity index (χ0v) is 12.0. The molecule has 8 heteroatoms. The fourth-order valence-electron chi connectivity index (χ4n) is 1.74. The second-order valence-corrected chi connectivity index (χ2v) is 4.29. The van der Waals surface area contributed by atoms with E-state index in [1.54, 1.807) is 12.4 Å². The average Bonchev–Trinajstić information content (AvgIpc) is 2.92. The summed E-state index contributed by atoms with van der Waals surface area (Å²) in [7, 11) is 1.42. The highest BCUT2D eigenvalue weighted by Crippen LogP contribution is 2.21. The van der Waals surface area contributed by atoms with Gasteiger partial charge in [-0.1, -0.05) is 12.1 Å². The molecule has 2 aromatic heterocycles. The number of ether oxygens (including phenoxy) is 1. The molecule has 22 heavy (non-hydrogen) atoms. The van der Waals surface area contributed by atoms with Gasteiger partial charge in [0, 0.05) is 19.5 Å². The predicted octanol–water partition coefficient (Wildman–Crippen LogP) is 0.720. The second kappa shape index (κ2) is 7.14. The van der Waals surface area contributed by atoms with Gasteiger partial charge >= 0.3 is 0 Å². The van der Waals surface area contributed by atoms with Crippen LogP contribution >= 0.6 is 0 Å². The fraction of sp³-hybridized carbons (Fsp3) is 0.143. The minimum atomic E-state index is -0.433. The van der Waals surface area contributed by atoms with Crippen LogP contribution in [0.3, 0.4) is 0 Å². The standard InChI is InChI=1S/C11H9N5.C3H7NO2/c12-10-9(13-5-6-14-10)11-15-7-3-1-2-4-8(7)16-11;1-6-2-3(4)5/h1-6H,(H2,12,14)(H,15,16);2H2,1H3,(H2,4,5). The Balaban J connectivity index is 0.000000254. The molecule has 3 aromatic rings. The Morgan fingerprint density at radius 2 is 2.00 bits per heavy atom. The second-order valence-electron chi connectivity index (χ2n) is 4.29. The van der Waals surface area contributed by atoms with E-state index in [1.165, 1.54) is 7.11 Å². The topological polar surface area (TPSA) is 133 Å². The largest absolute Gasteiger partial charge is 0.382 e. The molecule has 5 N–H and O–H groups in total. The summed E-state index contributed by atoms with van der Waals surface area (Å²) in [6.45, 7) is 0.0139. The number of nitrogens with one attached hydrogen (secondary N) is 1. The van der Waals surface area contributed by atoms with Crippen LogP contribution < -0.4 is 11.5 Å². The van der Waals surface area contributed by atoms with Gasteiger partial charge in [0.2, 0.25) is 5.91 Å². The molecule has 1 amide bonds. The van der Waals surface area contributed by atoms with Crippen molar-refractivity contribution < 1.29 is 9.53 Å². The van der Waals surface area contributed by atoms with E-state index in [4.69, 9.17) is 5.73 Å². The SMILES string of the molecule is COCC(N)=O.Nc1nccnc1-c1nc2ccccc2[nH]1. The number of H-pyrrole nitrogens is 1. The highest BCUT2D eigenvalue weighted by atomic mass is 16.5. The van der Waals surface area contributed by atoms with E-state index in [0.29, 0.717) is 17.3 Å². The number of rotatable bonds is 3. The maximum Gasteiger partial charge on any atom is 0.243 e. The predicted molar refractivity (Wildman–Crippen MR) is 82.6 cm³/mol. The molecular formula is C14H16N6O2. The molecule has 1 aromatic carbocycles. The molecule has 0 unspecified atom stereocenters. The summed E-state index contributed by atoms with van der Waals surface area (Å²) in [6, 6.07) is 7.78. The van der Waals surface area contributed by atoms with E-state index in [0.717, 1.165) is 11.0 Å². The van der Waals surface area contributed by atoms with Gasteiger partial charge in [-0.25, -0.2) is 15.0 Å². The number of nitrogens with two attached hydrogens (primary N) is 2. The monoisotopic (exact) mass is 300 g/mol. The molecule has 2 heterocycles. The number of amides is 1. The molecule has 0 aliphatic heterocycles. The summed E-state index contributed by atoms with van der Waals surface area (Å²) >= 11 is 0. The number of hydrogen-bond donors (Lipinski definition) is 3. The lowest BCUT2D eigenvalue weighted by atomic mass is 10.3. The highest BCUT2D eigenvalue weighted by molar-refractivity contribution is 5.80. The van der Waals surface area contributed by atoms with Crippen molar-refractivity contribution in [1.82, 2.24) is 19.9 Å². The van der Waals surface area contributed by atoms with Crippen molar-refractivity contribution in [3.05, 3.63) is 36.7 Å². The fourth-order valence-corrected chi connectivity index (χ4v) is 1.74. The number of primary amides is 1. The average molecular weight is 300 g/mol. The molecule has 0 atom stereocenters. The number of carbonyl (C=O) groups excluding carboxylic acids is 1. The van der Waals surface area contributed by atoms with Crippen molar-refractivity contribution in [3.63, 3.8) is 0 Å². The van der Waals surface area contributed by atoms with Crippen LogP contribution in [0.5, 0.6) is 0 Å². The molecular weight excluding hydrogens is 284 g/mol. The molecule has 0 aliphatic rings. The summed E-state index contributed by atoms with van der Waals surface area (Å²) in [5.41, 5.74) is 12.8. The lowest BCUT2D eigenvalue weighted by Gasteiger charge is -1.97. The quantitative estimate of drug-likeness (QED) is 0.652. The first kappa shape index (κ1) is 15.4. The van der Waals surface area contributed by atoms with E-state index in [1.807, 2.05) is 24.3 Å². The molecule has 0 saturated carbocycles. The Hall–Kier alpha value is -3.00. The van der Waals surface area contributed by atoms with Crippen LogP contribution in [0.25, 0.3) is 22.6 Å². The van der Waals surface area contributed by atoms with E-state index < -0.39 is 5.91 Å². The van der Waals surface area contributed by atoms with Gasteiger partial charge in [0.05, 0.1) is 11.0 Å². The smallest absolute Gasteiger partial charge is 0.243 e. The van der Waals surface area contributed by atoms with E-state index in [-0.39, 0.29) is 6.61 Å². The number of anilines is 1. The van der Waals surface area contributed by atoms with Crippen LogP contribution in [0.2, 0.25) is 0 Å². The van der Waals surface area contributed by atoms with Crippen LogP contribution in [0.15, 0.2) is 36.7 Å². The third-order valence-corrected chi connectivity index (χ3v) is 2.63. The van der Waals surface area contributed by atoms with Gasteiger partial charge < -0.3 is 21.2 Å². The number of hydrogen-bond acceptors (Lipinski definition) is 6. The normalized spacial score (nSPS) is 10.0.